The van der Waals surface area contributed by atoms with Crippen molar-refractivity contribution in [2.24, 2.45) is 0 Å². The summed E-state index contributed by atoms with van der Waals surface area (Å²) in [6.45, 7) is 0. The first-order valence-corrected chi connectivity index (χ1v) is 6.35. The molecule has 19 heavy (non-hydrogen) atoms. The third-order valence-corrected chi connectivity index (χ3v) is 3.36. The molecule has 0 radical (unpaired) electrons. The Labute approximate surface area is 119 Å². The molecule has 2 aromatic carbocycles. The fourth-order valence-electron chi connectivity index (χ4n) is 1.91. The van der Waals surface area contributed by atoms with Gasteiger partial charge in [0.2, 0.25) is 0 Å². The highest BCUT2D eigenvalue weighted by atomic mass is 35.5. The van der Waals surface area contributed by atoms with E-state index in [1.165, 1.54) is 0 Å². The van der Waals surface area contributed by atoms with Crippen LogP contribution in [0, 0.1) is 0 Å². The van der Waals surface area contributed by atoms with Gasteiger partial charge in [0.15, 0.2) is 0 Å². The largest absolute Gasteiger partial charge is 0.338 e. The van der Waals surface area contributed by atoms with Gasteiger partial charge >= 0.3 is 0 Å². The van der Waals surface area contributed by atoms with E-state index in [1.54, 1.807) is 18.2 Å². The number of aromatic amines is 1. The fraction of sp³-hybridized carbons (Fsp3) is 0. The first-order valence-electron chi connectivity index (χ1n) is 5.59. The maximum Gasteiger partial charge on any atom is 0.253 e. The minimum absolute atomic E-state index is 0.295. The van der Waals surface area contributed by atoms with Gasteiger partial charge < -0.3 is 4.98 Å². The number of benzene rings is 2. The van der Waals surface area contributed by atoms with E-state index in [1.807, 2.05) is 24.3 Å². The summed E-state index contributed by atoms with van der Waals surface area (Å²) in [7, 11) is 0. The van der Waals surface area contributed by atoms with E-state index in [-0.39, 0.29) is 0 Å². The summed E-state index contributed by atoms with van der Waals surface area (Å²) >= 11 is 11.5. The fourth-order valence-corrected chi connectivity index (χ4v) is 2.39. The zero-order chi connectivity index (χ0) is 13.4. The van der Waals surface area contributed by atoms with Crippen LogP contribution >= 0.6 is 23.2 Å². The monoisotopic (exact) mass is 290 g/mol. The first-order chi connectivity index (χ1) is 9.15. The predicted molar refractivity (Wildman–Crippen MR) is 76.7 cm³/mol. The average Bonchev–Trinajstić information content (AvgIpc) is 2.81. The highest BCUT2D eigenvalue weighted by Gasteiger charge is 2.11. The highest BCUT2D eigenvalue weighted by Crippen LogP contribution is 2.26. The van der Waals surface area contributed by atoms with Crippen LogP contribution in [0.1, 0.15) is 10.4 Å². The van der Waals surface area contributed by atoms with Gasteiger partial charge in [0.1, 0.15) is 5.82 Å². The van der Waals surface area contributed by atoms with E-state index in [0.29, 0.717) is 16.4 Å². The molecule has 3 rings (SSSR count). The van der Waals surface area contributed by atoms with E-state index in [0.717, 1.165) is 16.6 Å². The maximum absolute atomic E-state index is 11.1. The SMILES string of the molecule is O=C(Cl)c1ccc(-c2nc3ccccc3[nH]2)cc1Cl. The Hall–Kier alpha value is -1.84. The zero-order valence-corrected chi connectivity index (χ0v) is 11.2. The van der Waals surface area contributed by atoms with Crippen LogP contribution in [-0.4, -0.2) is 15.2 Å². The molecule has 0 spiro atoms. The topological polar surface area (TPSA) is 45.8 Å². The third-order valence-electron chi connectivity index (χ3n) is 2.84. The van der Waals surface area contributed by atoms with Crippen LogP contribution < -0.4 is 0 Å². The molecule has 0 aliphatic rings. The highest BCUT2D eigenvalue weighted by molar-refractivity contribution is 6.68. The molecule has 0 fully saturated rings. The lowest BCUT2D eigenvalue weighted by Gasteiger charge is -2.01. The molecule has 0 atom stereocenters. The lowest BCUT2D eigenvalue weighted by Crippen LogP contribution is -1.91. The van der Waals surface area contributed by atoms with E-state index in [4.69, 9.17) is 23.2 Å². The molecular weight excluding hydrogens is 283 g/mol. The van der Waals surface area contributed by atoms with Gasteiger partial charge in [0, 0.05) is 5.56 Å². The average molecular weight is 291 g/mol. The molecule has 3 nitrogen and oxygen atoms in total. The standard InChI is InChI=1S/C14H8Cl2N2O/c15-10-7-8(5-6-9(10)13(16)19)14-17-11-3-1-2-4-12(11)18-14/h1-7H,(H,17,18). The quantitative estimate of drug-likeness (QED) is 0.717. The van der Waals surface area contributed by atoms with Crippen LogP contribution in [0.5, 0.6) is 0 Å². The van der Waals surface area contributed by atoms with Crippen molar-refractivity contribution in [2.45, 2.75) is 0 Å². The molecule has 0 bridgehead atoms. The van der Waals surface area contributed by atoms with Crippen molar-refractivity contribution in [3.05, 3.63) is 53.1 Å². The number of nitrogens with one attached hydrogen (secondary N) is 1. The van der Waals surface area contributed by atoms with Gasteiger partial charge in [-0.3, -0.25) is 4.79 Å². The molecule has 0 aliphatic heterocycles. The van der Waals surface area contributed by atoms with Gasteiger partial charge in [-0.25, -0.2) is 4.98 Å². The summed E-state index contributed by atoms with van der Waals surface area (Å²) < 4.78 is 0. The second kappa shape index (κ2) is 4.68. The number of nitrogens with zero attached hydrogens (tertiary/aromatic N) is 1. The Morgan fingerprint density at radius 1 is 1.16 bits per heavy atom. The molecule has 1 aromatic heterocycles. The van der Waals surface area contributed by atoms with Crippen molar-refractivity contribution in [3.63, 3.8) is 0 Å². The number of H-pyrrole nitrogens is 1. The number of carbonyl (C=O) groups is 1. The summed E-state index contributed by atoms with van der Waals surface area (Å²) in [6, 6.07) is 12.8. The van der Waals surface area contributed by atoms with E-state index < -0.39 is 5.24 Å². The second-order valence-corrected chi connectivity index (χ2v) is 4.82. The second-order valence-electron chi connectivity index (χ2n) is 4.07. The van der Waals surface area contributed by atoms with E-state index in [2.05, 4.69) is 9.97 Å². The molecule has 0 saturated carbocycles. The molecule has 0 unspecified atom stereocenters. The lowest BCUT2D eigenvalue weighted by atomic mass is 10.1. The number of imidazole rings is 1. The van der Waals surface area contributed by atoms with Crippen molar-refractivity contribution in [2.75, 3.05) is 0 Å². The summed E-state index contributed by atoms with van der Waals surface area (Å²) in [6.07, 6.45) is 0. The number of halogens is 2. The molecule has 0 amide bonds. The van der Waals surface area contributed by atoms with Crippen LogP contribution in [0.4, 0.5) is 0 Å². The van der Waals surface area contributed by atoms with E-state index in [9.17, 15) is 4.79 Å². The summed E-state index contributed by atoms with van der Waals surface area (Å²) in [4.78, 5) is 18.8. The van der Waals surface area contributed by atoms with Gasteiger partial charge in [0.25, 0.3) is 5.24 Å². The molecule has 1 N–H and O–H groups in total. The number of hydrogen-bond acceptors (Lipinski definition) is 2. The van der Waals surface area contributed by atoms with Crippen molar-refractivity contribution in [1.82, 2.24) is 9.97 Å². The van der Waals surface area contributed by atoms with Crippen LogP contribution in [0.3, 0.4) is 0 Å². The molecule has 5 heteroatoms. The van der Waals surface area contributed by atoms with Crippen LogP contribution in [0.2, 0.25) is 5.02 Å². The van der Waals surface area contributed by atoms with Gasteiger partial charge in [-0.05, 0) is 35.9 Å². The number of carbonyl (C=O) groups excluding carboxylic acids is 1. The Morgan fingerprint density at radius 2 is 1.95 bits per heavy atom. The predicted octanol–water partition coefficient (Wildman–Crippen LogP) is 4.26. The number of para-hydroxylation sites is 2. The number of fused-ring (bicyclic) bond motifs is 1. The third kappa shape index (κ3) is 2.23. The van der Waals surface area contributed by atoms with Crippen molar-refractivity contribution >= 4 is 39.5 Å². The number of rotatable bonds is 2. The van der Waals surface area contributed by atoms with Crippen molar-refractivity contribution < 1.29 is 4.79 Å². The smallest absolute Gasteiger partial charge is 0.253 e. The van der Waals surface area contributed by atoms with Gasteiger partial charge in [-0.15, -0.1) is 0 Å². The van der Waals surface area contributed by atoms with Crippen LogP contribution in [-0.2, 0) is 0 Å². The normalized spacial score (nSPS) is 10.8. The Kier molecular flexibility index (Phi) is 3.01. The van der Waals surface area contributed by atoms with Crippen LogP contribution in [0.25, 0.3) is 22.4 Å². The van der Waals surface area contributed by atoms with Gasteiger partial charge in [-0.1, -0.05) is 29.8 Å². The molecule has 94 valence electrons. The van der Waals surface area contributed by atoms with E-state index >= 15 is 0 Å². The van der Waals surface area contributed by atoms with Crippen LogP contribution in [0.15, 0.2) is 42.5 Å². The van der Waals surface area contributed by atoms with Gasteiger partial charge in [0.05, 0.1) is 21.6 Å². The Bertz CT molecular complexity index is 747. The maximum atomic E-state index is 11.1. The molecule has 0 saturated heterocycles. The minimum Gasteiger partial charge on any atom is -0.338 e. The molecule has 3 aromatic rings. The number of hydrogen-bond donors (Lipinski definition) is 1. The summed E-state index contributed by atoms with van der Waals surface area (Å²) in [5.41, 5.74) is 2.93. The Morgan fingerprint density at radius 3 is 2.63 bits per heavy atom. The lowest BCUT2D eigenvalue weighted by molar-refractivity contribution is 0.108. The minimum atomic E-state index is -0.568. The van der Waals surface area contributed by atoms with Crippen molar-refractivity contribution in [1.29, 1.82) is 0 Å². The summed E-state index contributed by atoms with van der Waals surface area (Å²) in [5.74, 6) is 0.705. The summed E-state index contributed by atoms with van der Waals surface area (Å²) in [5, 5.41) is -0.251. The molecular formula is C14H8Cl2N2O. The van der Waals surface area contributed by atoms with Crippen molar-refractivity contribution in [3.8, 4) is 11.4 Å². The molecule has 1 heterocycles. The van der Waals surface area contributed by atoms with Gasteiger partial charge in [-0.2, -0.15) is 0 Å². The Balaban J connectivity index is 2.11. The number of aromatic nitrogens is 2. The molecule has 0 aliphatic carbocycles. The zero-order valence-electron chi connectivity index (χ0n) is 9.65. The first kappa shape index (κ1) is 12.2.